The van der Waals surface area contributed by atoms with Crippen LogP contribution < -0.4 is 4.90 Å². The Kier molecular flexibility index (Phi) is 5.58. The van der Waals surface area contributed by atoms with Crippen LogP contribution in [0.2, 0.25) is 0 Å². The van der Waals surface area contributed by atoms with Gasteiger partial charge in [0.05, 0.1) is 18.3 Å². The van der Waals surface area contributed by atoms with E-state index < -0.39 is 0 Å². The van der Waals surface area contributed by atoms with E-state index in [0.29, 0.717) is 18.8 Å². The molecule has 0 bridgehead atoms. The van der Waals surface area contributed by atoms with E-state index >= 15 is 0 Å². The van der Waals surface area contributed by atoms with Gasteiger partial charge in [0, 0.05) is 37.6 Å². The SMILES string of the molecule is COCCN(c1cc(C(=O)Cc2ccc3[nH]ncc3c2)ncn1)C(C)C. The highest BCUT2D eigenvalue weighted by molar-refractivity contribution is 5.96. The zero-order valence-electron chi connectivity index (χ0n) is 15.3. The normalized spacial score (nSPS) is 11.2. The van der Waals surface area contributed by atoms with Gasteiger partial charge >= 0.3 is 0 Å². The summed E-state index contributed by atoms with van der Waals surface area (Å²) in [5.41, 5.74) is 2.31. The molecule has 0 unspecified atom stereocenters. The molecule has 26 heavy (non-hydrogen) atoms. The molecule has 3 aromatic rings. The van der Waals surface area contributed by atoms with Crippen LogP contribution in [0.4, 0.5) is 5.82 Å². The number of nitrogens with one attached hydrogen (secondary N) is 1. The van der Waals surface area contributed by atoms with E-state index in [-0.39, 0.29) is 18.2 Å². The average Bonchev–Trinajstić information content (AvgIpc) is 3.10. The van der Waals surface area contributed by atoms with Crippen molar-refractivity contribution in [2.24, 2.45) is 0 Å². The third-order valence-electron chi connectivity index (χ3n) is 4.26. The number of rotatable bonds is 8. The molecule has 3 rings (SSSR count). The van der Waals surface area contributed by atoms with Gasteiger partial charge in [-0.2, -0.15) is 5.10 Å². The Morgan fingerprint density at radius 2 is 2.12 bits per heavy atom. The van der Waals surface area contributed by atoms with Gasteiger partial charge in [0.2, 0.25) is 0 Å². The Labute approximate surface area is 152 Å². The lowest BCUT2D eigenvalue weighted by Gasteiger charge is -2.27. The zero-order chi connectivity index (χ0) is 18.5. The quantitative estimate of drug-likeness (QED) is 0.627. The lowest BCUT2D eigenvalue weighted by Crippen LogP contribution is -2.34. The van der Waals surface area contributed by atoms with E-state index in [1.54, 1.807) is 19.4 Å². The highest BCUT2D eigenvalue weighted by atomic mass is 16.5. The molecule has 2 heterocycles. The molecule has 1 N–H and O–H groups in total. The molecule has 1 aromatic carbocycles. The minimum absolute atomic E-state index is 0.0352. The number of hydrogen-bond acceptors (Lipinski definition) is 6. The molecule has 0 aliphatic carbocycles. The fourth-order valence-corrected chi connectivity index (χ4v) is 2.86. The van der Waals surface area contributed by atoms with Crippen LogP contribution in [0.3, 0.4) is 0 Å². The number of carbonyl (C=O) groups is 1. The Bertz CT molecular complexity index is 890. The Morgan fingerprint density at radius 1 is 1.27 bits per heavy atom. The molecule has 0 amide bonds. The summed E-state index contributed by atoms with van der Waals surface area (Å²) in [5, 5.41) is 7.90. The predicted octanol–water partition coefficient (Wildman–Crippen LogP) is 2.64. The molecule has 0 spiro atoms. The Balaban J connectivity index is 1.78. The number of anilines is 1. The smallest absolute Gasteiger partial charge is 0.185 e. The first kappa shape index (κ1) is 18.0. The van der Waals surface area contributed by atoms with E-state index in [1.165, 1.54) is 6.33 Å². The van der Waals surface area contributed by atoms with Crippen molar-refractivity contribution in [1.29, 1.82) is 0 Å². The van der Waals surface area contributed by atoms with Crippen molar-refractivity contribution in [3.63, 3.8) is 0 Å². The van der Waals surface area contributed by atoms with Crippen molar-refractivity contribution in [2.75, 3.05) is 25.2 Å². The minimum atomic E-state index is -0.0352. The molecule has 0 aliphatic heterocycles. The number of nitrogens with zero attached hydrogens (tertiary/aromatic N) is 4. The molecule has 0 fully saturated rings. The average molecular weight is 353 g/mol. The van der Waals surface area contributed by atoms with Gasteiger partial charge in [-0.25, -0.2) is 9.97 Å². The first-order valence-corrected chi connectivity index (χ1v) is 8.61. The molecule has 136 valence electrons. The van der Waals surface area contributed by atoms with E-state index in [9.17, 15) is 4.79 Å². The summed E-state index contributed by atoms with van der Waals surface area (Å²) >= 11 is 0. The maximum absolute atomic E-state index is 12.7. The van der Waals surface area contributed by atoms with Crippen molar-refractivity contribution in [3.8, 4) is 0 Å². The van der Waals surface area contributed by atoms with Crippen LogP contribution in [0.5, 0.6) is 0 Å². The highest BCUT2D eigenvalue weighted by Gasteiger charge is 2.16. The van der Waals surface area contributed by atoms with Crippen molar-refractivity contribution < 1.29 is 9.53 Å². The third-order valence-corrected chi connectivity index (χ3v) is 4.26. The Hall–Kier alpha value is -2.80. The lowest BCUT2D eigenvalue weighted by atomic mass is 10.1. The summed E-state index contributed by atoms with van der Waals surface area (Å²) in [6, 6.07) is 7.83. The van der Waals surface area contributed by atoms with E-state index in [1.807, 2.05) is 18.2 Å². The minimum Gasteiger partial charge on any atom is -0.383 e. The van der Waals surface area contributed by atoms with Gasteiger partial charge < -0.3 is 9.64 Å². The number of fused-ring (bicyclic) bond motifs is 1. The van der Waals surface area contributed by atoms with Gasteiger partial charge in [0.25, 0.3) is 0 Å². The summed E-state index contributed by atoms with van der Waals surface area (Å²) < 4.78 is 5.17. The maximum Gasteiger partial charge on any atom is 0.185 e. The number of ketones is 1. The van der Waals surface area contributed by atoms with Crippen LogP contribution in [-0.4, -0.2) is 52.3 Å². The summed E-state index contributed by atoms with van der Waals surface area (Å²) in [5.74, 6) is 0.702. The summed E-state index contributed by atoms with van der Waals surface area (Å²) in [7, 11) is 1.67. The van der Waals surface area contributed by atoms with Gasteiger partial charge in [-0.1, -0.05) is 6.07 Å². The van der Waals surface area contributed by atoms with Crippen molar-refractivity contribution in [3.05, 3.63) is 48.0 Å². The first-order valence-electron chi connectivity index (χ1n) is 8.61. The maximum atomic E-state index is 12.7. The van der Waals surface area contributed by atoms with E-state index in [2.05, 4.69) is 38.9 Å². The van der Waals surface area contributed by atoms with Gasteiger partial charge in [0.15, 0.2) is 5.78 Å². The second-order valence-electron chi connectivity index (χ2n) is 6.43. The number of methoxy groups -OCH3 is 1. The second-order valence-corrected chi connectivity index (χ2v) is 6.43. The lowest BCUT2D eigenvalue weighted by molar-refractivity contribution is 0.0988. The van der Waals surface area contributed by atoms with Gasteiger partial charge in [0.1, 0.15) is 17.8 Å². The molecule has 0 aliphatic rings. The number of Topliss-reactive ketones (excluding diaryl/α,β-unsaturated/α-hetero) is 1. The molecule has 7 heteroatoms. The van der Waals surface area contributed by atoms with Crippen molar-refractivity contribution in [1.82, 2.24) is 20.2 Å². The summed E-state index contributed by atoms with van der Waals surface area (Å²) in [4.78, 5) is 23.3. The number of hydrogen-bond donors (Lipinski definition) is 1. The number of H-pyrrole nitrogens is 1. The molecule has 0 saturated heterocycles. The number of ether oxygens (including phenoxy) is 1. The fourth-order valence-electron chi connectivity index (χ4n) is 2.86. The predicted molar refractivity (Wildman–Crippen MR) is 101 cm³/mol. The highest BCUT2D eigenvalue weighted by Crippen LogP contribution is 2.17. The third kappa shape index (κ3) is 4.05. The molecular formula is C19H23N5O2. The van der Waals surface area contributed by atoms with E-state index in [4.69, 9.17) is 4.74 Å². The molecule has 0 radical (unpaired) electrons. The van der Waals surface area contributed by atoms with E-state index in [0.717, 1.165) is 22.3 Å². The largest absolute Gasteiger partial charge is 0.383 e. The molecule has 0 atom stereocenters. The summed E-state index contributed by atoms with van der Waals surface area (Å²) in [6.07, 6.45) is 3.49. The number of benzene rings is 1. The van der Waals surface area contributed by atoms with Gasteiger partial charge in [-0.05, 0) is 31.5 Å². The van der Waals surface area contributed by atoms with Gasteiger partial charge in [-0.3, -0.25) is 9.89 Å². The number of carbonyl (C=O) groups excluding carboxylic acids is 1. The van der Waals surface area contributed by atoms with Crippen LogP contribution in [0.1, 0.15) is 29.9 Å². The molecule has 0 saturated carbocycles. The number of aromatic amines is 1. The topological polar surface area (TPSA) is 84.0 Å². The van der Waals surface area contributed by atoms with Crippen LogP contribution in [0.25, 0.3) is 10.9 Å². The monoisotopic (exact) mass is 353 g/mol. The van der Waals surface area contributed by atoms with Crippen LogP contribution in [0, 0.1) is 0 Å². The zero-order valence-corrected chi connectivity index (χ0v) is 15.3. The first-order chi connectivity index (χ1) is 12.6. The standard InChI is InChI=1S/C19H23N5O2/c1-13(2)24(6-7-26-3)19-10-17(20-12-21-19)18(25)9-14-4-5-16-15(8-14)11-22-23-16/h4-5,8,10-13H,6-7,9H2,1-3H3,(H,22,23). The van der Waals surface area contributed by atoms with Crippen LogP contribution in [0.15, 0.2) is 36.8 Å². The molecule has 2 aromatic heterocycles. The van der Waals surface area contributed by atoms with Crippen molar-refractivity contribution >= 4 is 22.5 Å². The van der Waals surface area contributed by atoms with Crippen LogP contribution in [-0.2, 0) is 11.2 Å². The number of aromatic nitrogens is 4. The summed E-state index contributed by atoms with van der Waals surface area (Å²) in [6.45, 7) is 5.46. The molecule has 7 nitrogen and oxygen atoms in total. The van der Waals surface area contributed by atoms with Crippen molar-refractivity contribution in [2.45, 2.75) is 26.3 Å². The Morgan fingerprint density at radius 3 is 2.88 bits per heavy atom. The second kappa shape index (κ2) is 8.05. The van der Waals surface area contributed by atoms with Gasteiger partial charge in [-0.15, -0.1) is 0 Å². The molecular weight excluding hydrogens is 330 g/mol. The fraction of sp³-hybridized carbons (Fsp3) is 0.368. The van der Waals surface area contributed by atoms with Crippen LogP contribution >= 0.6 is 0 Å².